The van der Waals surface area contributed by atoms with Crippen LogP contribution in [0.5, 0.6) is 5.75 Å². The van der Waals surface area contributed by atoms with Crippen LogP contribution in [0.3, 0.4) is 0 Å². The molecule has 1 aliphatic rings. The molecule has 1 aliphatic heterocycles. The number of carbonyl (C=O) groups excluding carboxylic acids is 4. The van der Waals surface area contributed by atoms with Gasteiger partial charge in [0.05, 0.1) is 17.7 Å². The molecule has 1 unspecified atom stereocenters. The molecule has 0 spiro atoms. The van der Waals surface area contributed by atoms with Crippen LogP contribution in [0.25, 0.3) is 0 Å². The highest BCUT2D eigenvalue weighted by atomic mass is 19.1. The van der Waals surface area contributed by atoms with Crippen molar-refractivity contribution in [2.45, 2.75) is 25.9 Å². The summed E-state index contributed by atoms with van der Waals surface area (Å²) in [6, 6.07) is 15.2. The van der Waals surface area contributed by atoms with E-state index in [9.17, 15) is 28.0 Å². The second kappa shape index (κ2) is 9.84. The highest BCUT2D eigenvalue weighted by Crippen LogP contribution is 2.29. The van der Waals surface area contributed by atoms with E-state index in [0.29, 0.717) is 5.56 Å². The molecule has 0 aliphatic carbocycles. The zero-order valence-corrected chi connectivity index (χ0v) is 18.6. The van der Waals surface area contributed by atoms with Gasteiger partial charge in [0.25, 0.3) is 11.8 Å². The Labute approximate surface area is 199 Å². The normalized spacial score (nSPS) is 15.3. The van der Waals surface area contributed by atoms with Gasteiger partial charge in [0.1, 0.15) is 23.4 Å². The Balaban J connectivity index is 1.66. The molecular weight excluding hydrogens is 458 g/mol. The van der Waals surface area contributed by atoms with E-state index in [1.165, 1.54) is 73.7 Å². The molecule has 0 radical (unpaired) electrons. The number of ether oxygens (including phenoxy) is 1. The standard InChI is InChI=1S/C26H20F2N2O5/c1-16(31)35-20-12-10-19(11-13-20)30-24(32)14-23(26(30)34)29(15-17-6-8-18(27)9-7-17)25(33)21-4-2-3-5-22(21)28/h2-13,23H,14-15H2,1H3. The first kappa shape index (κ1) is 23.7. The summed E-state index contributed by atoms with van der Waals surface area (Å²) in [5, 5.41) is 0. The number of anilines is 1. The lowest BCUT2D eigenvalue weighted by Gasteiger charge is -2.28. The van der Waals surface area contributed by atoms with Gasteiger partial charge in [-0.15, -0.1) is 0 Å². The van der Waals surface area contributed by atoms with Crippen molar-refractivity contribution in [2.75, 3.05) is 4.90 Å². The third-order valence-corrected chi connectivity index (χ3v) is 5.49. The van der Waals surface area contributed by atoms with Gasteiger partial charge in [0.15, 0.2) is 0 Å². The van der Waals surface area contributed by atoms with E-state index >= 15 is 0 Å². The molecule has 1 saturated heterocycles. The Morgan fingerprint density at radius 3 is 2.26 bits per heavy atom. The zero-order valence-electron chi connectivity index (χ0n) is 18.6. The number of halogens is 2. The van der Waals surface area contributed by atoms with Crippen molar-refractivity contribution in [1.82, 2.24) is 4.90 Å². The van der Waals surface area contributed by atoms with Crippen LogP contribution in [-0.4, -0.2) is 34.6 Å². The smallest absolute Gasteiger partial charge is 0.308 e. The van der Waals surface area contributed by atoms with Crippen LogP contribution in [0, 0.1) is 11.6 Å². The summed E-state index contributed by atoms with van der Waals surface area (Å²) in [6.07, 6.45) is -0.314. The number of hydrogen-bond donors (Lipinski definition) is 0. The van der Waals surface area contributed by atoms with E-state index in [-0.39, 0.29) is 30.0 Å². The predicted molar refractivity (Wildman–Crippen MR) is 121 cm³/mol. The van der Waals surface area contributed by atoms with E-state index in [0.717, 1.165) is 15.9 Å². The van der Waals surface area contributed by atoms with Crippen molar-refractivity contribution in [3.8, 4) is 5.75 Å². The molecule has 178 valence electrons. The Bertz CT molecular complexity index is 1290. The average Bonchev–Trinajstić information content (AvgIpc) is 3.12. The Hall–Kier alpha value is -4.40. The van der Waals surface area contributed by atoms with E-state index < -0.39 is 41.4 Å². The molecule has 1 heterocycles. The van der Waals surface area contributed by atoms with E-state index in [2.05, 4.69) is 0 Å². The molecule has 0 saturated carbocycles. The Kier molecular flexibility index (Phi) is 6.68. The highest BCUT2D eigenvalue weighted by molar-refractivity contribution is 6.23. The van der Waals surface area contributed by atoms with Crippen molar-refractivity contribution in [1.29, 1.82) is 0 Å². The van der Waals surface area contributed by atoms with Crippen LogP contribution < -0.4 is 9.64 Å². The van der Waals surface area contributed by atoms with Gasteiger partial charge in [0.2, 0.25) is 5.91 Å². The van der Waals surface area contributed by atoms with E-state index in [1.54, 1.807) is 0 Å². The largest absolute Gasteiger partial charge is 0.427 e. The predicted octanol–water partition coefficient (Wildman–Crippen LogP) is 3.86. The quantitative estimate of drug-likeness (QED) is 0.305. The first-order valence-electron chi connectivity index (χ1n) is 10.7. The fourth-order valence-electron chi connectivity index (χ4n) is 3.86. The van der Waals surface area contributed by atoms with Crippen molar-refractivity contribution in [3.05, 3.63) is 95.6 Å². The lowest BCUT2D eigenvalue weighted by atomic mass is 10.1. The fraction of sp³-hybridized carbons (Fsp3) is 0.154. The van der Waals surface area contributed by atoms with Crippen LogP contribution in [0.1, 0.15) is 29.3 Å². The van der Waals surface area contributed by atoms with Gasteiger partial charge in [-0.2, -0.15) is 0 Å². The number of carbonyl (C=O) groups is 4. The van der Waals surface area contributed by atoms with Crippen LogP contribution in [-0.2, 0) is 20.9 Å². The van der Waals surface area contributed by atoms with Gasteiger partial charge >= 0.3 is 5.97 Å². The molecule has 1 atom stereocenters. The number of hydrogen-bond acceptors (Lipinski definition) is 5. The Morgan fingerprint density at radius 2 is 1.63 bits per heavy atom. The van der Waals surface area contributed by atoms with Gasteiger partial charge in [-0.1, -0.05) is 24.3 Å². The van der Waals surface area contributed by atoms with Gasteiger partial charge in [-0.3, -0.25) is 19.2 Å². The van der Waals surface area contributed by atoms with E-state index in [1.807, 2.05) is 0 Å². The highest BCUT2D eigenvalue weighted by Gasteiger charge is 2.44. The lowest BCUT2D eigenvalue weighted by molar-refractivity contribution is -0.132. The number of benzene rings is 3. The summed E-state index contributed by atoms with van der Waals surface area (Å²) in [5.41, 5.74) is 0.484. The van der Waals surface area contributed by atoms with Gasteiger partial charge in [-0.05, 0) is 54.1 Å². The summed E-state index contributed by atoms with van der Waals surface area (Å²) in [4.78, 5) is 52.7. The molecule has 3 aromatic rings. The SMILES string of the molecule is CC(=O)Oc1ccc(N2C(=O)CC(N(Cc3ccc(F)cc3)C(=O)c3ccccc3F)C2=O)cc1. The van der Waals surface area contributed by atoms with Crippen molar-refractivity contribution in [2.24, 2.45) is 0 Å². The summed E-state index contributed by atoms with van der Waals surface area (Å²) >= 11 is 0. The van der Waals surface area contributed by atoms with Crippen molar-refractivity contribution < 1.29 is 32.7 Å². The van der Waals surface area contributed by atoms with Crippen LogP contribution >= 0.6 is 0 Å². The number of rotatable bonds is 6. The maximum Gasteiger partial charge on any atom is 0.308 e. The molecule has 4 rings (SSSR count). The number of amides is 3. The maximum absolute atomic E-state index is 14.4. The Morgan fingerprint density at radius 1 is 0.971 bits per heavy atom. The topological polar surface area (TPSA) is 84.0 Å². The first-order chi connectivity index (χ1) is 16.7. The molecular formula is C26H20F2N2O5. The molecule has 7 nitrogen and oxygen atoms in total. The third-order valence-electron chi connectivity index (χ3n) is 5.49. The molecule has 0 bridgehead atoms. The number of imide groups is 1. The molecule has 0 aromatic heterocycles. The molecule has 1 fully saturated rings. The maximum atomic E-state index is 14.4. The molecule has 35 heavy (non-hydrogen) atoms. The second-order valence-electron chi connectivity index (χ2n) is 7.91. The zero-order chi connectivity index (χ0) is 25.1. The molecule has 3 amide bonds. The lowest BCUT2D eigenvalue weighted by Crippen LogP contribution is -2.45. The minimum absolute atomic E-state index is 0.142. The van der Waals surface area contributed by atoms with Gasteiger partial charge < -0.3 is 9.64 Å². The first-order valence-corrected chi connectivity index (χ1v) is 10.7. The minimum Gasteiger partial charge on any atom is -0.427 e. The average molecular weight is 478 g/mol. The minimum atomic E-state index is -1.20. The molecule has 3 aromatic carbocycles. The van der Waals surface area contributed by atoms with Crippen molar-refractivity contribution >= 4 is 29.4 Å². The number of nitrogens with zero attached hydrogens (tertiary/aromatic N) is 2. The van der Waals surface area contributed by atoms with Crippen LogP contribution in [0.2, 0.25) is 0 Å². The molecule has 0 N–H and O–H groups in total. The van der Waals surface area contributed by atoms with Gasteiger partial charge in [-0.25, -0.2) is 13.7 Å². The molecule has 9 heteroatoms. The number of esters is 1. The third kappa shape index (κ3) is 5.08. The summed E-state index contributed by atoms with van der Waals surface area (Å²) in [6.45, 7) is 1.10. The summed E-state index contributed by atoms with van der Waals surface area (Å²) in [5.74, 6) is -3.51. The van der Waals surface area contributed by atoms with E-state index in [4.69, 9.17) is 4.74 Å². The fourth-order valence-corrected chi connectivity index (χ4v) is 3.86. The van der Waals surface area contributed by atoms with Gasteiger partial charge in [0, 0.05) is 13.5 Å². The van der Waals surface area contributed by atoms with Crippen molar-refractivity contribution in [3.63, 3.8) is 0 Å². The monoisotopic (exact) mass is 478 g/mol. The van der Waals surface area contributed by atoms with Crippen LogP contribution in [0.15, 0.2) is 72.8 Å². The second-order valence-corrected chi connectivity index (χ2v) is 7.91. The van der Waals surface area contributed by atoms with Crippen LogP contribution in [0.4, 0.5) is 14.5 Å². The summed E-state index contributed by atoms with van der Waals surface area (Å²) in [7, 11) is 0. The summed E-state index contributed by atoms with van der Waals surface area (Å²) < 4.78 is 32.8.